The molecule has 2 aromatic carbocycles. The molecule has 0 bridgehead atoms. The van der Waals surface area contributed by atoms with Gasteiger partial charge in [-0.05, 0) is 49.2 Å². The summed E-state index contributed by atoms with van der Waals surface area (Å²) in [6.45, 7) is 5.02. The highest BCUT2D eigenvalue weighted by Crippen LogP contribution is 2.29. The van der Waals surface area contributed by atoms with Gasteiger partial charge in [-0.3, -0.25) is 4.79 Å². The van der Waals surface area contributed by atoms with Crippen LogP contribution in [0.25, 0.3) is 0 Å². The van der Waals surface area contributed by atoms with E-state index in [9.17, 15) is 9.59 Å². The molecule has 0 atom stereocenters. The number of carbonyl (C=O) groups is 2. The van der Waals surface area contributed by atoms with Crippen LogP contribution in [0.2, 0.25) is 0 Å². The van der Waals surface area contributed by atoms with Crippen molar-refractivity contribution >= 4 is 11.9 Å². The van der Waals surface area contributed by atoms with Crippen molar-refractivity contribution in [3.63, 3.8) is 0 Å². The van der Waals surface area contributed by atoms with Crippen LogP contribution in [0.4, 0.5) is 0 Å². The van der Waals surface area contributed by atoms with E-state index in [2.05, 4.69) is 6.92 Å². The Morgan fingerprint density at radius 1 is 0.968 bits per heavy atom. The minimum absolute atomic E-state index is 0.297. The number of benzene rings is 2. The first-order valence-electron chi connectivity index (χ1n) is 10.4. The van der Waals surface area contributed by atoms with E-state index >= 15 is 0 Å². The SMILES string of the molecule is CCCCOc1ccc(C(=O)OCC(=O)N(C)Cc2ccc(OC)cc2)cc1OCC. The van der Waals surface area contributed by atoms with Gasteiger partial charge < -0.3 is 23.8 Å². The number of hydrogen-bond acceptors (Lipinski definition) is 6. The normalized spacial score (nSPS) is 10.3. The molecule has 0 aromatic heterocycles. The number of unbranched alkanes of at least 4 members (excludes halogenated alkanes) is 1. The van der Waals surface area contributed by atoms with E-state index < -0.39 is 5.97 Å². The lowest BCUT2D eigenvalue weighted by Crippen LogP contribution is -2.30. The van der Waals surface area contributed by atoms with Crippen LogP contribution in [-0.2, 0) is 16.1 Å². The van der Waals surface area contributed by atoms with Gasteiger partial charge >= 0.3 is 5.97 Å². The maximum absolute atomic E-state index is 12.4. The van der Waals surface area contributed by atoms with Crippen LogP contribution >= 0.6 is 0 Å². The maximum Gasteiger partial charge on any atom is 0.338 e. The highest BCUT2D eigenvalue weighted by Gasteiger charge is 2.16. The minimum atomic E-state index is -0.591. The van der Waals surface area contributed by atoms with Crippen LogP contribution in [0.1, 0.15) is 42.6 Å². The molecule has 0 aliphatic heterocycles. The van der Waals surface area contributed by atoms with E-state index in [-0.39, 0.29) is 12.5 Å². The quantitative estimate of drug-likeness (QED) is 0.374. The van der Waals surface area contributed by atoms with E-state index in [0.29, 0.717) is 36.8 Å². The van der Waals surface area contributed by atoms with Gasteiger partial charge in [0.05, 0.1) is 25.9 Å². The highest BCUT2D eigenvalue weighted by molar-refractivity contribution is 5.92. The number of carbonyl (C=O) groups excluding carboxylic acids is 2. The number of methoxy groups -OCH3 is 1. The molecule has 0 heterocycles. The van der Waals surface area contributed by atoms with Gasteiger partial charge in [0, 0.05) is 13.6 Å². The van der Waals surface area contributed by atoms with Gasteiger partial charge in [-0.15, -0.1) is 0 Å². The lowest BCUT2D eigenvalue weighted by atomic mass is 10.2. The second-order valence-electron chi connectivity index (χ2n) is 6.97. The Labute approximate surface area is 183 Å². The molecular formula is C24H31NO6. The fraction of sp³-hybridized carbons (Fsp3) is 0.417. The number of hydrogen-bond donors (Lipinski definition) is 0. The summed E-state index contributed by atoms with van der Waals surface area (Å²) in [5.41, 5.74) is 1.25. The summed E-state index contributed by atoms with van der Waals surface area (Å²) < 4.78 is 21.6. The second kappa shape index (κ2) is 12.5. The first-order valence-corrected chi connectivity index (χ1v) is 10.4. The second-order valence-corrected chi connectivity index (χ2v) is 6.97. The summed E-state index contributed by atoms with van der Waals surface area (Å²) >= 11 is 0. The molecule has 1 amide bonds. The van der Waals surface area contributed by atoms with Gasteiger partial charge in [0.2, 0.25) is 0 Å². The predicted molar refractivity (Wildman–Crippen MR) is 118 cm³/mol. The van der Waals surface area contributed by atoms with E-state index in [1.165, 1.54) is 4.90 Å². The van der Waals surface area contributed by atoms with E-state index in [1.807, 2.05) is 31.2 Å². The molecule has 0 unspecified atom stereocenters. The molecular weight excluding hydrogens is 398 g/mol. The van der Waals surface area contributed by atoms with Gasteiger partial charge in [-0.25, -0.2) is 4.79 Å². The van der Waals surface area contributed by atoms with Crippen LogP contribution in [-0.4, -0.2) is 50.8 Å². The number of amides is 1. The lowest BCUT2D eigenvalue weighted by molar-refractivity contribution is -0.133. The van der Waals surface area contributed by atoms with Crippen molar-refractivity contribution in [3.8, 4) is 17.2 Å². The fourth-order valence-corrected chi connectivity index (χ4v) is 2.76. The summed E-state index contributed by atoms with van der Waals surface area (Å²) in [6.07, 6.45) is 1.96. The van der Waals surface area contributed by atoms with Crippen molar-refractivity contribution < 1.29 is 28.5 Å². The third kappa shape index (κ3) is 7.51. The standard InChI is InChI=1S/C24H31NO6/c1-5-7-14-30-21-13-10-19(15-22(21)29-6-2)24(27)31-17-23(26)25(3)16-18-8-11-20(28-4)12-9-18/h8-13,15H,5-7,14,16-17H2,1-4H3. The Morgan fingerprint density at radius 3 is 2.35 bits per heavy atom. The molecule has 0 spiro atoms. The van der Waals surface area contributed by atoms with Crippen molar-refractivity contribution in [1.29, 1.82) is 0 Å². The third-order valence-electron chi connectivity index (χ3n) is 4.57. The van der Waals surface area contributed by atoms with Gasteiger partial charge in [0.15, 0.2) is 18.1 Å². The molecule has 7 heteroatoms. The Kier molecular flexibility index (Phi) is 9.68. The molecule has 0 N–H and O–H groups in total. The molecule has 0 aliphatic carbocycles. The van der Waals surface area contributed by atoms with Crippen molar-refractivity contribution in [2.45, 2.75) is 33.2 Å². The average molecular weight is 430 g/mol. The topological polar surface area (TPSA) is 74.3 Å². The molecule has 0 fully saturated rings. The zero-order valence-electron chi connectivity index (χ0n) is 18.7. The van der Waals surface area contributed by atoms with Gasteiger partial charge in [-0.1, -0.05) is 25.5 Å². The number of ether oxygens (including phenoxy) is 4. The zero-order valence-corrected chi connectivity index (χ0v) is 18.7. The zero-order chi connectivity index (χ0) is 22.6. The summed E-state index contributed by atoms with van der Waals surface area (Å²) in [4.78, 5) is 26.3. The summed E-state index contributed by atoms with van der Waals surface area (Å²) in [5.74, 6) is 0.930. The lowest BCUT2D eigenvalue weighted by Gasteiger charge is -2.17. The maximum atomic E-state index is 12.4. The molecule has 168 valence electrons. The average Bonchev–Trinajstić information content (AvgIpc) is 2.78. The Morgan fingerprint density at radius 2 is 1.71 bits per heavy atom. The Hall–Kier alpha value is -3.22. The number of rotatable bonds is 12. The first-order chi connectivity index (χ1) is 15.0. The van der Waals surface area contributed by atoms with E-state index in [0.717, 1.165) is 24.2 Å². The molecule has 31 heavy (non-hydrogen) atoms. The third-order valence-corrected chi connectivity index (χ3v) is 4.57. The van der Waals surface area contributed by atoms with Crippen molar-refractivity contribution in [2.24, 2.45) is 0 Å². The number of likely N-dealkylation sites (N-methyl/N-ethyl adjacent to an activating group) is 1. The van der Waals surface area contributed by atoms with Crippen LogP contribution in [0.3, 0.4) is 0 Å². The smallest absolute Gasteiger partial charge is 0.338 e. The summed E-state index contributed by atoms with van der Waals surface area (Å²) in [6, 6.07) is 12.3. The van der Waals surface area contributed by atoms with Crippen molar-refractivity contribution in [2.75, 3.05) is 34.0 Å². The monoisotopic (exact) mass is 429 g/mol. The first kappa shape index (κ1) is 24.1. The molecule has 0 saturated heterocycles. The fourth-order valence-electron chi connectivity index (χ4n) is 2.76. The number of nitrogens with zero attached hydrogens (tertiary/aromatic N) is 1. The molecule has 2 rings (SSSR count). The van der Waals surface area contributed by atoms with Crippen LogP contribution in [0, 0.1) is 0 Å². The molecule has 0 radical (unpaired) electrons. The highest BCUT2D eigenvalue weighted by atomic mass is 16.5. The Bertz CT molecular complexity index is 850. The van der Waals surface area contributed by atoms with Gasteiger partial charge in [0.1, 0.15) is 5.75 Å². The van der Waals surface area contributed by atoms with Crippen molar-refractivity contribution in [3.05, 3.63) is 53.6 Å². The molecule has 7 nitrogen and oxygen atoms in total. The van der Waals surface area contributed by atoms with E-state index in [1.54, 1.807) is 32.4 Å². The summed E-state index contributed by atoms with van der Waals surface area (Å²) in [5, 5.41) is 0. The Balaban J connectivity index is 1.92. The molecule has 0 saturated carbocycles. The van der Waals surface area contributed by atoms with Crippen LogP contribution in [0.5, 0.6) is 17.2 Å². The predicted octanol–water partition coefficient (Wildman–Crippen LogP) is 4.09. The van der Waals surface area contributed by atoms with E-state index in [4.69, 9.17) is 18.9 Å². The molecule has 0 aliphatic rings. The summed E-state index contributed by atoms with van der Waals surface area (Å²) in [7, 11) is 3.26. The molecule has 2 aromatic rings. The van der Waals surface area contributed by atoms with Crippen LogP contribution < -0.4 is 14.2 Å². The minimum Gasteiger partial charge on any atom is -0.497 e. The largest absolute Gasteiger partial charge is 0.497 e. The number of esters is 1. The van der Waals surface area contributed by atoms with Crippen LogP contribution in [0.15, 0.2) is 42.5 Å². The van der Waals surface area contributed by atoms with Crippen molar-refractivity contribution in [1.82, 2.24) is 4.90 Å². The van der Waals surface area contributed by atoms with Gasteiger partial charge in [0.25, 0.3) is 5.91 Å². The van der Waals surface area contributed by atoms with Gasteiger partial charge in [-0.2, -0.15) is 0 Å².